The number of halogens is 2. The molecule has 1 saturated heterocycles. The summed E-state index contributed by atoms with van der Waals surface area (Å²) in [6.45, 7) is 7.81. The molecule has 0 spiro atoms. The monoisotopic (exact) mass is 560 g/mol. The van der Waals surface area contributed by atoms with Gasteiger partial charge >= 0.3 is 5.97 Å². The summed E-state index contributed by atoms with van der Waals surface area (Å²) in [4.78, 5) is 37.5. The Hall–Kier alpha value is -3.36. The lowest BCUT2D eigenvalue weighted by Gasteiger charge is -2.38. The number of piperidine rings is 1. The van der Waals surface area contributed by atoms with Crippen LogP contribution in [0.25, 0.3) is 0 Å². The van der Waals surface area contributed by atoms with Gasteiger partial charge in [-0.25, -0.2) is 5.01 Å². The molecule has 0 radical (unpaired) electrons. The maximum atomic E-state index is 12.5. The van der Waals surface area contributed by atoms with E-state index in [1.54, 1.807) is 24.3 Å². The van der Waals surface area contributed by atoms with Crippen molar-refractivity contribution in [3.05, 3.63) is 77.3 Å². The molecule has 1 unspecified atom stereocenters. The first-order valence-corrected chi connectivity index (χ1v) is 13.1. The number of nitrogens with one attached hydrogen (secondary N) is 1. The highest BCUT2D eigenvalue weighted by Crippen LogP contribution is 2.24. The fourth-order valence-electron chi connectivity index (χ4n) is 3.52. The number of hydrazone groups is 1. The van der Waals surface area contributed by atoms with Gasteiger partial charge in [0, 0.05) is 35.6 Å². The van der Waals surface area contributed by atoms with Crippen LogP contribution in [0.5, 0.6) is 0 Å². The molecule has 0 aromatic heterocycles. The number of benzene rings is 2. The lowest BCUT2D eigenvalue weighted by atomic mass is 9.95. The highest BCUT2D eigenvalue weighted by atomic mass is 35.5. The molecular weight excluding hydrogens is 527 g/mol. The first-order valence-electron chi connectivity index (χ1n) is 12.4. The Morgan fingerprint density at radius 1 is 1.16 bits per heavy atom. The maximum absolute atomic E-state index is 12.5. The molecule has 1 atom stereocenters. The van der Waals surface area contributed by atoms with Crippen molar-refractivity contribution < 1.29 is 19.1 Å². The SMILES string of the molecule is C=CCC.CC(=O)OCCN1N=C2CCC(C(=O)Nc3cccc(Cl)c3)CN2CC1=O.Clc1ccccc1. The third-order valence-corrected chi connectivity index (χ3v) is 5.95. The first kappa shape index (κ1) is 30.9. The predicted octanol–water partition coefficient (Wildman–Crippen LogP) is 5.63. The summed E-state index contributed by atoms with van der Waals surface area (Å²) in [6, 6.07) is 16.4. The zero-order valence-electron chi connectivity index (χ0n) is 21.7. The van der Waals surface area contributed by atoms with E-state index in [0.29, 0.717) is 30.1 Å². The fraction of sp³-hybridized carbons (Fsp3) is 0.357. The van der Waals surface area contributed by atoms with Crippen LogP contribution >= 0.6 is 23.2 Å². The van der Waals surface area contributed by atoms with Crippen molar-refractivity contribution in [2.75, 3.05) is 31.6 Å². The van der Waals surface area contributed by atoms with Gasteiger partial charge in [0.25, 0.3) is 5.91 Å². The van der Waals surface area contributed by atoms with Crippen LogP contribution in [0.1, 0.15) is 33.1 Å². The van der Waals surface area contributed by atoms with Gasteiger partial charge in [-0.2, -0.15) is 5.10 Å². The number of allylic oxidation sites excluding steroid dienone is 1. The molecular formula is C28H34Cl2N4O4. The standard InChI is InChI=1S/C18H21ClN4O4.C6H5Cl.C4H8/c1-12(24)27-8-7-23-17(25)11-22-10-13(5-6-16(22)21-23)18(26)20-15-4-2-3-14(19)9-15;7-6-4-2-1-3-5-6;1-3-4-2/h2-4,9,13H,5-8,10-11H2,1H3,(H,20,26);1-5H;3H,1,4H2,2H3. The van der Waals surface area contributed by atoms with Crippen LogP contribution < -0.4 is 5.32 Å². The van der Waals surface area contributed by atoms with Gasteiger partial charge in [0.15, 0.2) is 0 Å². The number of nitrogens with zero attached hydrogens (tertiary/aromatic N) is 3. The molecule has 0 bridgehead atoms. The van der Waals surface area contributed by atoms with Gasteiger partial charge in [0.1, 0.15) is 19.0 Å². The van der Waals surface area contributed by atoms with Gasteiger partial charge < -0.3 is 15.0 Å². The summed E-state index contributed by atoms with van der Waals surface area (Å²) in [5, 5.41) is 9.91. The smallest absolute Gasteiger partial charge is 0.302 e. The Balaban J connectivity index is 0.000000384. The highest BCUT2D eigenvalue weighted by Gasteiger charge is 2.34. The third kappa shape index (κ3) is 10.9. The molecule has 4 rings (SSSR count). The lowest BCUT2D eigenvalue weighted by molar-refractivity contribution is -0.144. The van der Waals surface area contributed by atoms with Crippen molar-refractivity contribution >= 4 is 52.5 Å². The molecule has 0 saturated carbocycles. The van der Waals surface area contributed by atoms with Crippen molar-refractivity contribution in [2.24, 2.45) is 11.0 Å². The van der Waals surface area contributed by atoms with Crippen LogP contribution in [0.15, 0.2) is 72.4 Å². The zero-order chi connectivity index (χ0) is 27.9. The molecule has 8 nitrogen and oxygen atoms in total. The topological polar surface area (TPSA) is 91.3 Å². The molecule has 1 N–H and O–H groups in total. The molecule has 2 aromatic rings. The van der Waals surface area contributed by atoms with Crippen LogP contribution in [0.4, 0.5) is 5.69 Å². The van der Waals surface area contributed by atoms with E-state index in [4.69, 9.17) is 27.9 Å². The number of carbonyl (C=O) groups excluding carboxylic acids is 3. The lowest BCUT2D eigenvalue weighted by Crippen LogP contribution is -2.53. The third-order valence-electron chi connectivity index (χ3n) is 5.47. The molecule has 2 heterocycles. The Labute approximate surface area is 234 Å². The molecule has 2 aliphatic heterocycles. The highest BCUT2D eigenvalue weighted by molar-refractivity contribution is 6.31. The fourth-order valence-corrected chi connectivity index (χ4v) is 3.86. The Kier molecular flexibility index (Phi) is 13.4. The minimum atomic E-state index is -0.389. The minimum Gasteiger partial charge on any atom is -0.464 e. The number of amides is 2. The van der Waals surface area contributed by atoms with E-state index in [0.717, 1.165) is 17.3 Å². The summed E-state index contributed by atoms with van der Waals surface area (Å²) in [6.07, 6.45) is 4.21. The Morgan fingerprint density at radius 2 is 1.84 bits per heavy atom. The van der Waals surface area contributed by atoms with E-state index in [-0.39, 0.29) is 43.4 Å². The first-order chi connectivity index (χ1) is 18.2. The van der Waals surface area contributed by atoms with E-state index >= 15 is 0 Å². The van der Waals surface area contributed by atoms with Gasteiger partial charge in [0.2, 0.25) is 5.91 Å². The van der Waals surface area contributed by atoms with Crippen molar-refractivity contribution in [1.29, 1.82) is 0 Å². The van der Waals surface area contributed by atoms with Crippen molar-refractivity contribution in [3.63, 3.8) is 0 Å². The van der Waals surface area contributed by atoms with Gasteiger partial charge in [0.05, 0.1) is 12.5 Å². The van der Waals surface area contributed by atoms with Crippen molar-refractivity contribution in [2.45, 2.75) is 33.1 Å². The number of esters is 1. The van der Waals surface area contributed by atoms with Crippen LogP contribution in [0.3, 0.4) is 0 Å². The summed E-state index contributed by atoms with van der Waals surface area (Å²) < 4.78 is 4.86. The Bertz CT molecular complexity index is 1110. The van der Waals surface area contributed by atoms with Crippen molar-refractivity contribution in [1.82, 2.24) is 9.91 Å². The summed E-state index contributed by atoms with van der Waals surface area (Å²) in [7, 11) is 0. The average Bonchev–Trinajstić information content (AvgIpc) is 2.89. The van der Waals surface area contributed by atoms with E-state index in [2.05, 4.69) is 23.9 Å². The number of hydrogen-bond acceptors (Lipinski definition) is 6. The van der Waals surface area contributed by atoms with E-state index < -0.39 is 0 Å². The number of rotatable bonds is 6. The molecule has 1 fully saturated rings. The van der Waals surface area contributed by atoms with Gasteiger partial charge in [-0.15, -0.1) is 6.58 Å². The molecule has 2 aliphatic rings. The second-order valence-electron chi connectivity index (χ2n) is 8.48. The number of fused-ring (bicyclic) bond motifs is 1. The molecule has 10 heteroatoms. The van der Waals surface area contributed by atoms with E-state index in [1.807, 2.05) is 41.3 Å². The predicted molar refractivity (Wildman–Crippen MR) is 152 cm³/mol. The normalized spacial score (nSPS) is 15.9. The van der Waals surface area contributed by atoms with Crippen LogP contribution in [-0.2, 0) is 19.1 Å². The number of ether oxygens (including phenoxy) is 1. The second kappa shape index (κ2) is 16.5. The number of hydrogen-bond donors (Lipinski definition) is 1. The van der Waals surface area contributed by atoms with Crippen LogP contribution in [0, 0.1) is 5.92 Å². The Morgan fingerprint density at radius 3 is 2.42 bits per heavy atom. The minimum absolute atomic E-state index is 0.0962. The number of anilines is 1. The van der Waals surface area contributed by atoms with Gasteiger partial charge in [-0.1, -0.05) is 60.5 Å². The van der Waals surface area contributed by atoms with Crippen molar-refractivity contribution in [3.8, 4) is 0 Å². The molecule has 38 heavy (non-hydrogen) atoms. The maximum Gasteiger partial charge on any atom is 0.302 e. The molecule has 0 aliphatic carbocycles. The number of carbonyl (C=O) groups is 3. The largest absolute Gasteiger partial charge is 0.464 e. The summed E-state index contributed by atoms with van der Waals surface area (Å²) in [5.74, 6) is -0.115. The number of amidine groups is 1. The summed E-state index contributed by atoms with van der Waals surface area (Å²) in [5.41, 5.74) is 0.651. The van der Waals surface area contributed by atoms with E-state index in [9.17, 15) is 14.4 Å². The van der Waals surface area contributed by atoms with Crippen LogP contribution in [-0.4, -0.2) is 59.8 Å². The molecule has 2 aromatic carbocycles. The van der Waals surface area contributed by atoms with Gasteiger partial charge in [-0.3, -0.25) is 14.4 Å². The van der Waals surface area contributed by atoms with Crippen LogP contribution in [0.2, 0.25) is 10.0 Å². The molecule has 2 amide bonds. The molecule has 204 valence electrons. The zero-order valence-corrected chi connectivity index (χ0v) is 23.3. The second-order valence-corrected chi connectivity index (χ2v) is 9.35. The average molecular weight is 562 g/mol. The summed E-state index contributed by atoms with van der Waals surface area (Å²) >= 11 is 11.5. The van der Waals surface area contributed by atoms with E-state index in [1.165, 1.54) is 11.9 Å². The quantitative estimate of drug-likeness (QED) is 0.365. The van der Waals surface area contributed by atoms with Gasteiger partial charge in [-0.05, 0) is 43.2 Å².